The highest BCUT2D eigenvalue weighted by molar-refractivity contribution is 7.89. The van der Waals surface area contributed by atoms with Crippen LogP contribution in [-0.2, 0) is 10.0 Å². The molecule has 3 atom stereocenters. The SMILES string of the molecule is Cc1cccc([C@@H](C)[C@H](NS(=O)(=O)c2ccc(Cl)c3c2OCCC3O)c2n[nH]c(=O)o2)c1C. The fourth-order valence-corrected chi connectivity index (χ4v) is 5.76. The first kappa shape index (κ1) is 23.5. The van der Waals surface area contributed by atoms with Crippen LogP contribution in [0.25, 0.3) is 0 Å². The van der Waals surface area contributed by atoms with Gasteiger partial charge in [0, 0.05) is 17.9 Å². The van der Waals surface area contributed by atoms with E-state index in [2.05, 4.69) is 14.9 Å². The topological polar surface area (TPSA) is 135 Å². The molecule has 0 aliphatic carbocycles. The number of aromatic amines is 1. The maximum atomic E-state index is 13.5. The van der Waals surface area contributed by atoms with Gasteiger partial charge < -0.3 is 14.3 Å². The van der Waals surface area contributed by atoms with Crippen LogP contribution in [-0.4, -0.2) is 30.3 Å². The Balaban J connectivity index is 1.80. The second-order valence-electron chi connectivity index (χ2n) is 8.07. The molecule has 33 heavy (non-hydrogen) atoms. The molecule has 1 unspecified atom stereocenters. The molecule has 1 aliphatic heterocycles. The first-order valence-corrected chi connectivity index (χ1v) is 12.2. The fraction of sp³-hybridized carbons (Fsp3) is 0.364. The van der Waals surface area contributed by atoms with Gasteiger partial charge in [-0.2, -0.15) is 4.72 Å². The number of fused-ring (bicyclic) bond motifs is 1. The van der Waals surface area contributed by atoms with E-state index in [4.69, 9.17) is 20.8 Å². The summed E-state index contributed by atoms with van der Waals surface area (Å²) >= 11 is 6.21. The van der Waals surface area contributed by atoms with Crippen molar-refractivity contribution in [2.45, 2.75) is 50.2 Å². The van der Waals surface area contributed by atoms with E-state index in [1.807, 2.05) is 39.0 Å². The van der Waals surface area contributed by atoms with Gasteiger partial charge in [-0.3, -0.25) is 0 Å². The number of halogens is 1. The molecule has 0 saturated carbocycles. The van der Waals surface area contributed by atoms with Crippen LogP contribution in [0.2, 0.25) is 5.02 Å². The number of aryl methyl sites for hydroxylation is 1. The number of aliphatic hydroxyl groups is 1. The molecule has 0 radical (unpaired) electrons. The van der Waals surface area contributed by atoms with E-state index in [0.717, 1.165) is 16.7 Å². The molecule has 0 saturated heterocycles. The Morgan fingerprint density at radius 2 is 2.03 bits per heavy atom. The molecule has 1 aliphatic rings. The number of hydrogen-bond donors (Lipinski definition) is 3. The summed E-state index contributed by atoms with van der Waals surface area (Å²) in [6, 6.07) is 7.46. The Morgan fingerprint density at radius 3 is 2.73 bits per heavy atom. The lowest BCUT2D eigenvalue weighted by Gasteiger charge is -2.27. The molecule has 1 aromatic heterocycles. The summed E-state index contributed by atoms with van der Waals surface area (Å²) in [5, 5.41) is 16.6. The number of H-pyrrole nitrogens is 1. The first-order valence-electron chi connectivity index (χ1n) is 10.4. The number of rotatable bonds is 6. The van der Waals surface area contributed by atoms with Crippen LogP contribution < -0.4 is 15.2 Å². The smallest absolute Gasteiger partial charge is 0.434 e. The lowest BCUT2D eigenvalue weighted by Crippen LogP contribution is -2.33. The van der Waals surface area contributed by atoms with Gasteiger partial charge in [0.2, 0.25) is 15.9 Å². The second-order valence-corrected chi connectivity index (χ2v) is 10.2. The van der Waals surface area contributed by atoms with Gasteiger partial charge in [-0.1, -0.05) is 36.7 Å². The third-order valence-electron chi connectivity index (χ3n) is 6.01. The van der Waals surface area contributed by atoms with Crippen LogP contribution in [0.1, 0.15) is 59.6 Å². The Hall–Kier alpha value is -2.66. The number of aromatic nitrogens is 2. The minimum absolute atomic E-state index is 0.00960. The lowest BCUT2D eigenvalue weighted by molar-refractivity contribution is 0.113. The highest BCUT2D eigenvalue weighted by Crippen LogP contribution is 2.42. The van der Waals surface area contributed by atoms with Crippen LogP contribution in [0.15, 0.2) is 44.4 Å². The maximum absolute atomic E-state index is 13.5. The minimum atomic E-state index is -4.22. The Kier molecular flexibility index (Phi) is 6.37. The molecule has 9 nitrogen and oxygen atoms in total. The van der Waals surface area contributed by atoms with Crippen molar-refractivity contribution >= 4 is 21.6 Å². The third kappa shape index (κ3) is 4.43. The van der Waals surface area contributed by atoms with Crippen LogP contribution in [0.5, 0.6) is 5.75 Å². The summed E-state index contributed by atoms with van der Waals surface area (Å²) in [5.74, 6) is -1.32. The number of ether oxygens (including phenoxy) is 1. The average molecular weight is 494 g/mol. The number of hydrogen-bond acceptors (Lipinski definition) is 7. The summed E-state index contributed by atoms with van der Waals surface area (Å²) in [7, 11) is -4.22. The van der Waals surface area contributed by atoms with Crippen molar-refractivity contribution in [3.63, 3.8) is 0 Å². The van der Waals surface area contributed by atoms with Crippen molar-refractivity contribution in [2.24, 2.45) is 0 Å². The van der Waals surface area contributed by atoms with Crippen molar-refractivity contribution in [3.8, 4) is 5.75 Å². The summed E-state index contributed by atoms with van der Waals surface area (Å²) in [6.07, 6.45) is -0.639. The molecule has 4 rings (SSSR count). The molecule has 0 spiro atoms. The van der Waals surface area contributed by atoms with Crippen LogP contribution in [0.4, 0.5) is 0 Å². The van der Waals surface area contributed by atoms with E-state index in [1.165, 1.54) is 12.1 Å². The molecule has 2 aromatic carbocycles. The van der Waals surface area contributed by atoms with Crippen LogP contribution in [0, 0.1) is 13.8 Å². The molecule has 11 heteroatoms. The monoisotopic (exact) mass is 493 g/mol. The highest BCUT2D eigenvalue weighted by Gasteiger charge is 2.35. The van der Waals surface area contributed by atoms with Crippen LogP contribution >= 0.6 is 11.6 Å². The van der Waals surface area contributed by atoms with E-state index >= 15 is 0 Å². The predicted molar refractivity (Wildman–Crippen MR) is 121 cm³/mol. The van der Waals surface area contributed by atoms with E-state index in [1.54, 1.807) is 0 Å². The van der Waals surface area contributed by atoms with E-state index in [-0.39, 0.29) is 33.7 Å². The molecule has 3 N–H and O–H groups in total. The normalized spacial score (nSPS) is 17.8. The van der Waals surface area contributed by atoms with Crippen molar-refractivity contribution in [3.05, 3.63) is 74.0 Å². The highest BCUT2D eigenvalue weighted by atomic mass is 35.5. The number of aliphatic hydroxyl groups excluding tert-OH is 1. The first-order chi connectivity index (χ1) is 15.6. The molecule has 3 aromatic rings. The third-order valence-corrected chi connectivity index (χ3v) is 7.80. The van der Waals surface area contributed by atoms with Gasteiger partial charge in [0.15, 0.2) is 0 Å². The van der Waals surface area contributed by atoms with Crippen molar-refractivity contribution < 1.29 is 22.7 Å². The predicted octanol–water partition coefficient (Wildman–Crippen LogP) is 3.27. The standard InChI is InChI=1S/C22H24ClN3O6S/c1-11-5-4-6-14(12(11)2)13(3)19(21-24-25-22(28)32-21)26-33(29,30)17-8-7-15(23)18-16(27)9-10-31-20(17)18/h4-8,13,16,19,26-27H,9-10H2,1-3H3,(H,25,28)/t13-,16?,19+/m1/s1. The van der Waals surface area contributed by atoms with Crippen molar-refractivity contribution in [1.82, 2.24) is 14.9 Å². The average Bonchev–Trinajstić information content (AvgIpc) is 3.19. The van der Waals surface area contributed by atoms with E-state index < -0.39 is 33.8 Å². The summed E-state index contributed by atoms with van der Waals surface area (Å²) in [4.78, 5) is 11.5. The van der Waals surface area contributed by atoms with Gasteiger partial charge in [-0.05, 0) is 42.7 Å². The zero-order chi connectivity index (χ0) is 23.9. The van der Waals surface area contributed by atoms with E-state index in [9.17, 15) is 18.3 Å². The zero-order valence-corrected chi connectivity index (χ0v) is 19.8. The zero-order valence-electron chi connectivity index (χ0n) is 18.3. The van der Waals surface area contributed by atoms with E-state index in [0.29, 0.717) is 6.42 Å². The van der Waals surface area contributed by atoms with Crippen molar-refractivity contribution in [1.29, 1.82) is 0 Å². The minimum Gasteiger partial charge on any atom is -0.492 e. The number of nitrogens with one attached hydrogen (secondary N) is 2. The van der Waals surface area contributed by atoms with Crippen LogP contribution in [0.3, 0.4) is 0 Å². The van der Waals surface area contributed by atoms with Gasteiger partial charge in [0.1, 0.15) is 16.7 Å². The molecule has 2 heterocycles. The van der Waals surface area contributed by atoms with Gasteiger partial charge in [0.25, 0.3) is 0 Å². The molecule has 0 amide bonds. The summed E-state index contributed by atoms with van der Waals surface area (Å²) in [5.41, 5.74) is 3.13. The molecule has 0 bridgehead atoms. The maximum Gasteiger partial charge on any atom is 0.434 e. The summed E-state index contributed by atoms with van der Waals surface area (Å²) < 4.78 is 40.4. The van der Waals surface area contributed by atoms with Gasteiger partial charge in [-0.25, -0.2) is 18.3 Å². The molecular formula is C22H24ClN3O6S. The molecule has 176 valence electrons. The summed E-state index contributed by atoms with van der Waals surface area (Å²) in [6.45, 7) is 5.87. The fourth-order valence-electron chi connectivity index (χ4n) is 4.06. The number of sulfonamides is 1. The van der Waals surface area contributed by atoms with Gasteiger partial charge in [-0.15, -0.1) is 5.10 Å². The largest absolute Gasteiger partial charge is 0.492 e. The lowest BCUT2D eigenvalue weighted by atomic mass is 9.88. The number of benzene rings is 2. The molecule has 0 fully saturated rings. The quantitative estimate of drug-likeness (QED) is 0.479. The van der Waals surface area contributed by atoms with Gasteiger partial charge in [0.05, 0.1) is 17.7 Å². The Morgan fingerprint density at radius 1 is 1.27 bits per heavy atom. The molecular weight excluding hydrogens is 470 g/mol. The second kappa shape index (κ2) is 8.94. The number of nitrogens with zero attached hydrogens (tertiary/aromatic N) is 1. The van der Waals surface area contributed by atoms with Crippen molar-refractivity contribution in [2.75, 3.05) is 6.61 Å². The Labute approximate surface area is 195 Å². The van der Waals surface area contributed by atoms with Gasteiger partial charge >= 0.3 is 5.76 Å². The Bertz CT molecular complexity index is 1350.